The second-order valence-corrected chi connectivity index (χ2v) is 5.14. The predicted octanol–water partition coefficient (Wildman–Crippen LogP) is 5.18. The Morgan fingerprint density at radius 3 is 2.10 bits per heavy atom. The summed E-state index contributed by atoms with van der Waals surface area (Å²) in [6, 6.07) is 4.96. The van der Waals surface area contributed by atoms with E-state index in [4.69, 9.17) is 0 Å². The van der Waals surface area contributed by atoms with E-state index >= 15 is 0 Å². The number of benzene rings is 2. The van der Waals surface area contributed by atoms with E-state index in [1.54, 1.807) is 6.92 Å². The molecule has 0 bridgehead atoms. The van der Waals surface area contributed by atoms with Crippen molar-refractivity contribution >= 4 is 21.6 Å². The van der Waals surface area contributed by atoms with Crippen molar-refractivity contribution in [3.8, 4) is 0 Å². The van der Waals surface area contributed by atoms with Crippen LogP contribution < -0.4 is 5.32 Å². The van der Waals surface area contributed by atoms with Gasteiger partial charge in [0.1, 0.15) is 17.3 Å². The van der Waals surface area contributed by atoms with E-state index in [1.807, 2.05) is 0 Å². The largest absolute Gasteiger partial charge is 0.374 e. The van der Waals surface area contributed by atoms with Crippen LogP contribution in [0.5, 0.6) is 0 Å². The molecular weight excluding hydrogens is 338 g/mol. The molecule has 0 amide bonds. The Hall–Kier alpha value is -1.56. The monoisotopic (exact) mass is 347 g/mol. The van der Waals surface area contributed by atoms with Crippen LogP contribution in [0.15, 0.2) is 34.8 Å². The van der Waals surface area contributed by atoms with Crippen LogP contribution >= 0.6 is 15.9 Å². The van der Waals surface area contributed by atoms with Crippen LogP contribution in [-0.4, -0.2) is 0 Å². The minimum atomic E-state index is -1.02. The first-order valence-electron chi connectivity index (χ1n) is 5.74. The Labute approximate surface area is 121 Å². The molecule has 106 valence electrons. The third-order valence-electron chi connectivity index (χ3n) is 2.81. The molecule has 0 aliphatic heterocycles. The zero-order valence-corrected chi connectivity index (χ0v) is 11.9. The SMILES string of the molecule is CC(Nc1c(F)cc(F)cc1F)c1ccc(F)c(Br)c1. The van der Waals surface area contributed by atoms with Crippen LogP contribution in [-0.2, 0) is 0 Å². The molecule has 1 atom stereocenters. The van der Waals surface area contributed by atoms with E-state index < -0.39 is 35.0 Å². The minimum Gasteiger partial charge on any atom is -0.374 e. The molecule has 0 aliphatic rings. The molecule has 0 fully saturated rings. The van der Waals surface area contributed by atoms with Crippen molar-refractivity contribution in [2.24, 2.45) is 0 Å². The van der Waals surface area contributed by atoms with E-state index in [2.05, 4.69) is 21.2 Å². The first kappa shape index (κ1) is 14.8. The topological polar surface area (TPSA) is 12.0 Å². The summed E-state index contributed by atoms with van der Waals surface area (Å²) >= 11 is 3.04. The van der Waals surface area contributed by atoms with E-state index in [0.29, 0.717) is 17.7 Å². The fraction of sp³-hybridized carbons (Fsp3) is 0.143. The zero-order valence-electron chi connectivity index (χ0n) is 10.4. The number of hydrogen-bond donors (Lipinski definition) is 1. The molecule has 6 heteroatoms. The second-order valence-electron chi connectivity index (χ2n) is 4.28. The Morgan fingerprint density at radius 2 is 1.55 bits per heavy atom. The summed E-state index contributed by atoms with van der Waals surface area (Å²) in [5.74, 6) is -3.45. The van der Waals surface area contributed by atoms with Gasteiger partial charge in [0.05, 0.1) is 4.47 Å². The van der Waals surface area contributed by atoms with Gasteiger partial charge >= 0.3 is 0 Å². The molecule has 0 saturated heterocycles. The van der Waals surface area contributed by atoms with Crippen molar-refractivity contribution in [3.05, 3.63) is 63.6 Å². The van der Waals surface area contributed by atoms with Gasteiger partial charge in [0, 0.05) is 18.2 Å². The highest BCUT2D eigenvalue weighted by Crippen LogP contribution is 2.27. The van der Waals surface area contributed by atoms with E-state index in [0.717, 1.165) is 0 Å². The number of nitrogens with one attached hydrogen (secondary N) is 1. The van der Waals surface area contributed by atoms with E-state index in [9.17, 15) is 17.6 Å². The molecule has 0 aromatic heterocycles. The van der Waals surface area contributed by atoms with Crippen LogP contribution in [0.25, 0.3) is 0 Å². The maximum absolute atomic E-state index is 13.5. The Balaban J connectivity index is 2.27. The van der Waals surface area contributed by atoms with Gasteiger partial charge in [0.2, 0.25) is 0 Å². The van der Waals surface area contributed by atoms with Gasteiger partial charge < -0.3 is 5.32 Å². The lowest BCUT2D eigenvalue weighted by atomic mass is 10.1. The molecule has 0 aliphatic carbocycles. The molecule has 2 aromatic carbocycles. The molecule has 1 N–H and O–H groups in total. The highest BCUT2D eigenvalue weighted by molar-refractivity contribution is 9.10. The highest BCUT2D eigenvalue weighted by Gasteiger charge is 2.15. The maximum Gasteiger partial charge on any atom is 0.152 e. The minimum absolute atomic E-state index is 0.253. The second kappa shape index (κ2) is 5.83. The van der Waals surface area contributed by atoms with Crippen molar-refractivity contribution in [3.63, 3.8) is 0 Å². The molecular formula is C14H10BrF4N. The average Bonchev–Trinajstić information content (AvgIpc) is 2.36. The van der Waals surface area contributed by atoms with Crippen molar-refractivity contribution in [1.29, 1.82) is 0 Å². The van der Waals surface area contributed by atoms with Crippen molar-refractivity contribution in [1.82, 2.24) is 0 Å². The fourth-order valence-corrected chi connectivity index (χ4v) is 2.16. The first-order valence-corrected chi connectivity index (χ1v) is 6.54. The zero-order chi connectivity index (χ0) is 14.9. The number of rotatable bonds is 3. The van der Waals surface area contributed by atoms with Gasteiger partial charge in [-0.3, -0.25) is 0 Å². The van der Waals surface area contributed by atoms with E-state index in [-0.39, 0.29) is 4.47 Å². The number of hydrogen-bond acceptors (Lipinski definition) is 1. The smallest absolute Gasteiger partial charge is 0.152 e. The van der Waals surface area contributed by atoms with Crippen LogP contribution in [0, 0.1) is 23.3 Å². The number of anilines is 1. The van der Waals surface area contributed by atoms with Crippen molar-refractivity contribution in [2.45, 2.75) is 13.0 Å². The maximum atomic E-state index is 13.5. The molecule has 1 unspecified atom stereocenters. The van der Waals surface area contributed by atoms with Gasteiger partial charge in [-0.2, -0.15) is 0 Å². The molecule has 20 heavy (non-hydrogen) atoms. The molecule has 0 saturated carbocycles. The lowest BCUT2D eigenvalue weighted by Gasteiger charge is -2.17. The Bertz CT molecular complexity index is 622. The van der Waals surface area contributed by atoms with Crippen LogP contribution in [0.2, 0.25) is 0 Å². The van der Waals surface area contributed by atoms with Gasteiger partial charge in [-0.15, -0.1) is 0 Å². The normalized spacial score (nSPS) is 12.3. The van der Waals surface area contributed by atoms with Gasteiger partial charge in [-0.25, -0.2) is 17.6 Å². The Morgan fingerprint density at radius 1 is 0.950 bits per heavy atom. The summed E-state index contributed by atoms with van der Waals surface area (Å²) < 4.78 is 53.2. The van der Waals surface area contributed by atoms with E-state index in [1.165, 1.54) is 18.2 Å². The molecule has 0 radical (unpaired) electrons. The van der Waals surface area contributed by atoms with Gasteiger partial charge in [0.25, 0.3) is 0 Å². The highest BCUT2D eigenvalue weighted by atomic mass is 79.9. The van der Waals surface area contributed by atoms with Crippen LogP contribution in [0.1, 0.15) is 18.5 Å². The summed E-state index contributed by atoms with van der Waals surface area (Å²) in [6.07, 6.45) is 0. The summed E-state index contributed by atoms with van der Waals surface area (Å²) in [4.78, 5) is 0. The molecule has 2 rings (SSSR count). The van der Waals surface area contributed by atoms with Crippen molar-refractivity contribution < 1.29 is 17.6 Å². The van der Waals surface area contributed by atoms with Crippen molar-refractivity contribution in [2.75, 3.05) is 5.32 Å². The molecule has 0 spiro atoms. The fourth-order valence-electron chi connectivity index (χ4n) is 1.76. The summed E-state index contributed by atoms with van der Waals surface area (Å²) in [7, 11) is 0. The first-order chi connectivity index (χ1) is 9.38. The third kappa shape index (κ3) is 3.12. The lowest BCUT2D eigenvalue weighted by Crippen LogP contribution is -2.10. The standard InChI is InChI=1S/C14H10BrF4N/c1-7(8-2-3-11(17)10(15)4-8)20-14-12(18)5-9(16)6-13(14)19/h2-7,20H,1H3. The molecule has 2 aromatic rings. The van der Waals surface area contributed by atoms with Gasteiger partial charge in [0.15, 0.2) is 11.6 Å². The average molecular weight is 348 g/mol. The van der Waals surface area contributed by atoms with Crippen LogP contribution in [0.3, 0.4) is 0 Å². The quantitative estimate of drug-likeness (QED) is 0.754. The number of halogens is 5. The predicted molar refractivity (Wildman–Crippen MR) is 72.5 cm³/mol. The lowest BCUT2D eigenvalue weighted by molar-refractivity contribution is 0.545. The van der Waals surface area contributed by atoms with Gasteiger partial charge in [-0.1, -0.05) is 6.07 Å². The Kier molecular flexibility index (Phi) is 4.32. The summed E-state index contributed by atoms with van der Waals surface area (Å²) in [5, 5.41) is 2.61. The summed E-state index contributed by atoms with van der Waals surface area (Å²) in [5.41, 5.74) is 0.209. The van der Waals surface area contributed by atoms with Crippen LogP contribution in [0.4, 0.5) is 23.2 Å². The molecule has 1 nitrogen and oxygen atoms in total. The summed E-state index contributed by atoms with van der Waals surface area (Å²) in [6.45, 7) is 1.65. The van der Waals surface area contributed by atoms with Gasteiger partial charge in [-0.05, 0) is 40.5 Å². The molecule has 0 heterocycles. The third-order valence-corrected chi connectivity index (χ3v) is 3.42.